The molecule has 0 radical (unpaired) electrons. The molecular weight excluding hydrogens is 372 g/mol. The number of carbonyl (C=O) groups is 2. The number of nitrogens with zero attached hydrogens (tertiary/aromatic N) is 2. The second-order valence-corrected chi connectivity index (χ2v) is 8.14. The highest BCUT2D eigenvalue weighted by atomic mass is 16.2. The Hall–Kier alpha value is -3.40. The number of para-hydroxylation sites is 1. The van der Waals surface area contributed by atoms with Gasteiger partial charge in [0.1, 0.15) is 0 Å². The smallest absolute Gasteiger partial charge is 0.255 e. The molecule has 2 aliphatic rings. The predicted octanol–water partition coefficient (Wildman–Crippen LogP) is 4.67. The minimum Gasteiger partial charge on any atom is -0.327 e. The summed E-state index contributed by atoms with van der Waals surface area (Å²) in [4.78, 5) is 30.3. The first kappa shape index (κ1) is 18.6. The summed E-state index contributed by atoms with van der Waals surface area (Å²) in [5, 5.41) is 0. The number of rotatable bonds is 4. The van der Waals surface area contributed by atoms with Gasteiger partial charge in [0.05, 0.1) is 12.5 Å². The maximum absolute atomic E-state index is 13.4. The van der Waals surface area contributed by atoms with E-state index in [1.807, 2.05) is 83.5 Å². The summed E-state index contributed by atoms with van der Waals surface area (Å²) in [7, 11) is 0. The Balaban J connectivity index is 1.46. The van der Waals surface area contributed by atoms with E-state index in [1.165, 1.54) is 5.56 Å². The SMILES string of the molecule is Cc1ccc(C(CC(=O)N2CCc3ccccc32)N2Cc3ccccc3C2=O)cc1. The maximum atomic E-state index is 13.4. The first-order valence-corrected chi connectivity index (χ1v) is 10.5. The van der Waals surface area contributed by atoms with E-state index < -0.39 is 0 Å². The van der Waals surface area contributed by atoms with Gasteiger partial charge in [-0.1, -0.05) is 66.2 Å². The molecule has 4 heteroatoms. The molecule has 2 heterocycles. The molecule has 0 aliphatic carbocycles. The van der Waals surface area contributed by atoms with Gasteiger partial charge in [-0.25, -0.2) is 0 Å². The van der Waals surface area contributed by atoms with E-state index in [0.29, 0.717) is 13.1 Å². The van der Waals surface area contributed by atoms with Crippen molar-refractivity contribution in [3.05, 3.63) is 101 Å². The molecule has 4 nitrogen and oxygen atoms in total. The summed E-state index contributed by atoms with van der Waals surface area (Å²) >= 11 is 0. The van der Waals surface area contributed by atoms with Crippen LogP contribution in [0, 0.1) is 6.92 Å². The van der Waals surface area contributed by atoms with Gasteiger partial charge in [-0.3, -0.25) is 9.59 Å². The van der Waals surface area contributed by atoms with Crippen LogP contribution in [-0.4, -0.2) is 23.3 Å². The minimum atomic E-state index is -0.286. The summed E-state index contributed by atoms with van der Waals surface area (Å²) in [6.07, 6.45) is 1.16. The van der Waals surface area contributed by atoms with Gasteiger partial charge >= 0.3 is 0 Å². The van der Waals surface area contributed by atoms with Crippen molar-refractivity contribution in [1.29, 1.82) is 0 Å². The van der Waals surface area contributed by atoms with Gasteiger partial charge in [0.15, 0.2) is 0 Å². The van der Waals surface area contributed by atoms with E-state index in [4.69, 9.17) is 0 Å². The first-order valence-electron chi connectivity index (χ1n) is 10.5. The molecule has 30 heavy (non-hydrogen) atoms. The number of benzene rings is 3. The van der Waals surface area contributed by atoms with Crippen LogP contribution >= 0.6 is 0 Å². The first-order chi connectivity index (χ1) is 14.6. The normalized spacial score (nSPS) is 15.8. The van der Waals surface area contributed by atoms with Crippen LogP contribution in [0.3, 0.4) is 0 Å². The van der Waals surface area contributed by atoms with Crippen molar-refractivity contribution in [3.63, 3.8) is 0 Å². The molecule has 0 N–H and O–H groups in total. The number of hydrogen-bond donors (Lipinski definition) is 0. The molecule has 0 saturated heterocycles. The lowest BCUT2D eigenvalue weighted by atomic mass is 10.00. The Morgan fingerprint density at radius 2 is 1.63 bits per heavy atom. The Morgan fingerprint density at radius 3 is 2.40 bits per heavy atom. The monoisotopic (exact) mass is 396 g/mol. The van der Waals surface area contributed by atoms with Crippen LogP contribution in [0.4, 0.5) is 5.69 Å². The van der Waals surface area contributed by atoms with E-state index in [9.17, 15) is 9.59 Å². The lowest BCUT2D eigenvalue weighted by Gasteiger charge is -2.30. The maximum Gasteiger partial charge on any atom is 0.255 e. The molecule has 5 rings (SSSR count). The highest BCUT2D eigenvalue weighted by molar-refractivity contribution is 6.00. The molecule has 1 unspecified atom stereocenters. The second-order valence-electron chi connectivity index (χ2n) is 8.14. The molecule has 3 aromatic carbocycles. The molecule has 0 fully saturated rings. The number of fused-ring (bicyclic) bond motifs is 2. The van der Waals surface area contributed by atoms with Gasteiger partial charge in [0.25, 0.3) is 5.91 Å². The van der Waals surface area contributed by atoms with Crippen molar-refractivity contribution in [2.24, 2.45) is 0 Å². The van der Waals surface area contributed by atoms with Crippen molar-refractivity contribution in [1.82, 2.24) is 4.90 Å². The Bertz CT molecular complexity index is 1120. The van der Waals surface area contributed by atoms with E-state index in [-0.39, 0.29) is 24.3 Å². The van der Waals surface area contributed by atoms with Gasteiger partial charge in [0, 0.05) is 24.3 Å². The van der Waals surface area contributed by atoms with Crippen molar-refractivity contribution in [2.75, 3.05) is 11.4 Å². The molecule has 2 amide bonds. The quantitative estimate of drug-likeness (QED) is 0.643. The number of hydrogen-bond acceptors (Lipinski definition) is 2. The fourth-order valence-electron chi connectivity index (χ4n) is 4.60. The van der Waals surface area contributed by atoms with E-state index in [1.54, 1.807) is 0 Å². The van der Waals surface area contributed by atoms with Gasteiger partial charge in [-0.15, -0.1) is 0 Å². The zero-order chi connectivity index (χ0) is 20.7. The standard InChI is InChI=1S/C26H24N2O2/c1-18-10-12-20(13-11-18)24(28-17-21-7-2-4-8-22(21)26(28)30)16-25(29)27-15-14-19-6-3-5-9-23(19)27/h2-13,24H,14-17H2,1H3. The second kappa shape index (κ2) is 7.45. The average Bonchev–Trinajstić information content (AvgIpc) is 3.34. The summed E-state index contributed by atoms with van der Waals surface area (Å²) in [5.41, 5.74) is 6.15. The molecule has 2 aliphatic heterocycles. The molecule has 150 valence electrons. The zero-order valence-corrected chi connectivity index (χ0v) is 17.0. The fraction of sp³-hybridized carbons (Fsp3) is 0.231. The molecule has 0 saturated carbocycles. The molecule has 0 aromatic heterocycles. The number of anilines is 1. The van der Waals surface area contributed by atoms with E-state index in [2.05, 4.69) is 6.07 Å². The molecule has 3 aromatic rings. The van der Waals surface area contributed by atoms with E-state index >= 15 is 0 Å². The minimum absolute atomic E-state index is 0.00537. The summed E-state index contributed by atoms with van der Waals surface area (Å²) < 4.78 is 0. The Morgan fingerprint density at radius 1 is 0.933 bits per heavy atom. The van der Waals surface area contributed by atoms with Crippen LogP contribution in [-0.2, 0) is 17.8 Å². The summed E-state index contributed by atoms with van der Waals surface area (Å²) in [5.74, 6) is 0.0695. The molecule has 0 bridgehead atoms. The zero-order valence-electron chi connectivity index (χ0n) is 17.0. The third kappa shape index (κ3) is 3.18. The molecule has 1 atom stereocenters. The topological polar surface area (TPSA) is 40.6 Å². The highest BCUT2D eigenvalue weighted by Gasteiger charge is 2.36. The van der Waals surface area contributed by atoms with Crippen LogP contribution in [0.5, 0.6) is 0 Å². The van der Waals surface area contributed by atoms with Crippen LogP contribution < -0.4 is 4.90 Å². The van der Waals surface area contributed by atoms with Crippen molar-refractivity contribution < 1.29 is 9.59 Å². The largest absolute Gasteiger partial charge is 0.327 e. The van der Waals surface area contributed by atoms with Crippen LogP contribution in [0.2, 0.25) is 0 Å². The van der Waals surface area contributed by atoms with Gasteiger partial charge in [-0.05, 0) is 42.2 Å². The predicted molar refractivity (Wildman–Crippen MR) is 117 cm³/mol. The van der Waals surface area contributed by atoms with E-state index in [0.717, 1.165) is 34.4 Å². The molecular formula is C26H24N2O2. The Labute approximate surface area is 176 Å². The van der Waals surface area contributed by atoms with Crippen LogP contribution in [0.25, 0.3) is 0 Å². The summed E-state index contributed by atoms with van der Waals surface area (Å²) in [6.45, 7) is 3.28. The average molecular weight is 396 g/mol. The van der Waals surface area contributed by atoms with Crippen molar-refractivity contribution >= 4 is 17.5 Å². The molecule has 0 spiro atoms. The summed E-state index contributed by atoms with van der Waals surface area (Å²) in [6, 6.07) is 23.7. The highest BCUT2D eigenvalue weighted by Crippen LogP contribution is 2.35. The Kier molecular flexibility index (Phi) is 4.62. The number of aryl methyl sites for hydroxylation is 1. The number of carbonyl (C=O) groups excluding carboxylic acids is 2. The van der Waals surface area contributed by atoms with Crippen molar-refractivity contribution in [3.8, 4) is 0 Å². The van der Waals surface area contributed by atoms with Gasteiger partial charge in [0.2, 0.25) is 5.91 Å². The third-order valence-electron chi connectivity index (χ3n) is 6.24. The lowest BCUT2D eigenvalue weighted by molar-refractivity contribution is -0.119. The fourth-order valence-corrected chi connectivity index (χ4v) is 4.60. The number of amides is 2. The van der Waals surface area contributed by atoms with Gasteiger partial charge in [-0.2, -0.15) is 0 Å². The van der Waals surface area contributed by atoms with Crippen LogP contribution in [0.15, 0.2) is 72.8 Å². The van der Waals surface area contributed by atoms with Gasteiger partial charge < -0.3 is 9.80 Å². The van der Waals surface area contributed by atoms with Crippen molar-refractivity contribution in [2.45, 2.75) is 32.4 Å². The third-order valence-corrected chi connectivity index (χ3v) is 6.24. The van der Waals surface area contributed by atoms with Crippen LogP contribution in [0.1, 0.15) is 45.1 Å². The lowest BCUT2D eigenvalue weighted by Crippen LogP contribution is -2.36.